The zero-order chi connectivity index (χ0) is 12.3. The standard InChI is InChI=1S/C15H30N2/c1-12(2)10-13(3)17-9-5-6-14(11-17)15-7-4-8-16-15/h12-16H,4-11H2,1-3H3. The molecule has 2 rings (SSSR count). The molecule has 17 heavy (non-hydrogen) atoms. The van der Waals surface area contributed by atoms with Gasteiger partial charge in [-0.1, -0.05) is 13.8 Å². The maximum absolute atomic E-state index is 3.70. The number of rotatable bonds is 4. The Labute approximate surface area is 107 Å². The molecule has 0 bridgehead atoms. The van der Waals surface area contributed by atoms with E-state index in [9.17, 15) is 0 Å². The normalized spacial score (nSPS) is 33.2. The van der Waals surface area contributed by atoms with Gasteiger partial charge >= 0.3 is 0 Å². The summed E-state index contributed by atoms with van der Waals surface area (Å²) in [5, 5.41) is 3.70. The van der Waals surface area contributed by atoms with E-state index in [1.54, 1.807) is 0 Å². The predicted octanol–water partition coefficient (Wildman–Crippen LogP) is 2.89. The summed E-state index contributed by atoms with van der Waals surface area (Å²) in [6, 6.07) is 1.60. The van der Waals surface area contributed by atoms with Crippen LogP contribution in [0.15, 0.2) is 0 Å². The van der Waals surface area contributed by atoms with E-state index in [1.807, 2.05) is 0 Å². The largest absolute Gasteiger partial charge is 0.314 e. The number of piperidine rings is 1. The molecule has 2 fully saturated rings. The van der Waals surface area contributed by atoms with Crippen molar-refractivity contribution in [1.82, 2.24) is 10.2 Å². The Morgan fingerprint density at radius 1 is 1.18 bits per heavy atom. The first-order valence-corrected chi connectivity index (χ1v) is 7.64. The number of hydrogen-bond acceptors (Lipinski definition) is 2. The average molecular weight is 238 g/mol. The molecule has 100 valence electrons. The predicted molar refractivity (Wildman–Crippen MR) is 74.2 cm³/mol. The molecule has 2 saturated heterocycles. The minimum absolute atomic E-state index is 0.777. The molecule has 3 atom stereocenters. The van der Waals surface area contributed by atoms with Crippen LogP contribution < -0.4 is 5.32 Å². The molecule has 2 aliphatic rings. The quantitative estimate of drug-likeness (QED) is 0.810. The highest BCUT2D eigenvalue weighted by Gasteiger charge is 2.30. The van der Waals surface area contributed by atoms with Crippen molar-refractivity contribution in [3.63, 3.8) is 0 Å². The summed E-state index contributed by atoms with van der Waals surface area (Å²) in [4.78, 5) is 2.74. The van der Waals surface area contributed by atoms with Gasteiger partial charge in [0.2, 0.25) is 0 Å². The van der Waals surface area contributed by atoms with E-state index in [4.69, 9.17) is 0 Å². The van der Waals surface area contributed by atoms with Crippen LogP contribution in [0.25, 0.3) is 0 Å². The fourth-order valence-corrected chi connectivity index (χ4v) is 3.71. The van der Waals surface area contributed by atoms with Gasteiger partial charge < -0.3 is 10.2 Å². The molecule has 0 aromatic carbocycles. The number of likely N-dealkylation sites (tertiary alicyclic amines) is 1. The third-order valence-corrected chi connectivity index (χ3v) is 4.59. The Hall–Kier alpha value is -0.0800. The Balaban J connectivity index is 1.83. The van der Waals surface area contributed by atoms with Crippen LogP contribution in [0.2, 0.25) is 0 Å². The van der Waals surface area contributed by atoms with Crippen LogP contribution in [-0.2, 0) is 0 Å². The lowest BCUT2D eigenvalue weighted by atomic mass is 9.88. The highest BCUT2D eigenvalue weighted by atomic mass is 15.2. The maximum atomic E-state index is 3.70. The Bertz CT molecular complexity index is 221. The van der Waals surface area contributed by atoms with Gasteiger partial charge in [0, 0.05) is 18.6 Å². The second kappa shape index (κ2) is 6.19. The second-order valence-electron chi connectivity index (χ2n) is 6.58. The van der Waals surface area contributed by atoms with Crippen molar-refractivity contribution in [2.45, 2.75) is 65.0 Å². The molecular formula is C15H30N2. The van der Waals surface area contributed by atoms with Crippen molar-refractivity contribution in [3.05, 3.63) is 0 Å². The van der Waals surface area contributed by atoms with Gasteiger partial charge in [0.25, 0.3) is 0 Å². The summed E-state index contributed by atoms with van der Waals surface area (Å²) in [5.74, 6) is 1.75. The molecule has 2 heteroatoms. The van der Waals surface area contributed by atoms with Crippen molar-refractivity contribution in [3.8, 4) is 0 Å². The summed E-state index contributed by atoms with van der Waals surface area (Å²) in [7, 11) is 0. The van der Waals surface area contributed by atoms with Gasteiger partial charge in [-0.05, 0) is 64.0 Å². The van der Waals surface area contributed by atoms with Gasteiger partial charge in [-0.15, -0.1) is 0 Å². The monoisotopic (exact) mass is 238 g/mol. The average Bonchev–Trinajstić information content (AvgIpc) is 2.82. The molecule has 0 aromatic heterocycles. The number of nitrogens with zero attached hydrogens (tertiary/aromatic N) is 1. The third kappa shape index (κ3) is 3.69. The van der Waals surface area contributed by atoms with Crippen molar-refractivity contribution in [1.29, 1.82) is 0 Å². The van der Waals surface area contributed by atoms with E-state index >= 15 is 0 Å². The first-order chi connectivity index (χ1) is 8.16. The van der Waals surface area contributed by atoms with Gasteiger partial charge in [-0.2, -0.15) is 0 Å². The van der Waals surface area contributed by atoms with E-state index in [0.29, 0.717) is 0 Å². The van der Waals surface area contributed by atoms with Crippen LogP contribution in [0.3, 0.4) is 0 Å². The Morgan fingerprint density at radius 2 is 2.00 bits per heavy atom. The van der Waals surface area contributed by atoms with Crippen LogP contribution in [0.1, 0.15) is 52.9 Å². The van der Waals surface area contributed by atoms with Crippen LogP contribution in [-0.4, -0.2) is 36.6 Å². The summed E-state index contributed by atoms with van der Waals surface area (Å²) in [6.07, 6.45) is 7.01. The van der Waals surface area contributed by atoms with Gasteiger partial charge in [-0.3, -0.25) is 0 Å². The van der Waals surface area contributed by atoms with E-state index in [1.165, 1.54) is 51.7 Å². The molecule has 2 nitrogen and oxygen atoms in total. The minimum Gasteiger partial charge on any atom is -0.314 e. The summed E-state index contributed by atoms with van der Waals surface area (Å²) < 4.78 is 0. The molecule has 2 heterocycles. The molecule has 0 spiro atoms. The van der Waals surface area contributed by atoms with Crippen LogP contribution in [0, 0.1) is 11.8 Å². The molecule has 0 amide bonds. The Morgan fingerprint density at radius 3 is 2.65 bits per heavy atom. The minimum atomic E-state index is 0.777. The van der Waals surface area contributed by atoms with Gasteiger partial charge in [-0.25, -0.2) is 0 Å². The lowest BCUT2D eigenvalue weighted by molar-refractivity contribution is 0.104. The summed E-state index contributed by atoms with van der Waals surface area (Å²) >= 11 is 0. The zero-order valence-electron chi connectivity index (χ0n) is 11.9. The fourth-order valence-electron chi connectivity index (χ4n) is 3.71. The molecule has 0 saturated carbocycles. The molecule has 2 aliphatic heterocycles. The number of nitrogens with one attached hydrogen (secondary N) is 1. The van der Waals surface area contributed by atoms with Gasteiger partial charge in [0.15, 0.2) is 0 Å². The Kier molecular flexibility index (Phi) is 4.87. The number of hydrogen-bond donors (Lipinski definition) is 1. The summed E-state index contributed by atoms with van der Waals surface area (Å²) in [6.45, 7) is 11.0. The topological polar surface area (TPSA) is 15.3 Å². The molecule has 3 unspecified atom stereocenters. The van der Waals surface area contributed by atoms with Gasteiger partial charge in [0.05, 0.1) is 0 Å². The van der Waals surface area contributed by atoms with Crippen molar-refractivity contribution < 1.29 is 0 Å². The maximum Gasteiger partial charge on any atom is 0.0108 e. The molecule has 0 radical (unpaired) electrons. The molecule has 0 aromatic rings. The van der Waals surface area contributed by atoms with Crippen molar-refractivity contribution in [2.75, 3.05) is 19.6 Å². The highest BCUT2D eigenvalue weighted by Crippen LogP contribution is 2.26. The molecule has 0 aliphatic carbocycles. The van der Waals surface area contributed by atoms with E-state index in [-0.39, 0.29) is 0 Å². The smallest absolute Gasteiger partial charge is 0.0108 e. The van der Waals surface area contributed by atoms with Crippen LogP contribution >= 0.6 is 0 Å². The van der Waals surface area contributed by atoms with Crippen molar-refractivity contribution >= 4 is 0 Å². The second-order valence-corrected chi connectivity index (χ2v) is 6.58. The van der Waals surface area contributed by atoms with E-state index in [2.05, 4.69) is 31.0 Å². The van der Waals surface area contributed by atoms with E-state index in [0.717, 1.165) is 23.9 Å². The zero-order valence-corrected chi connectivity index (χ0v) is 11.9. The summed E-state index contributed by atoms with van der Waals surface area (Å²) in [5.41, 5.74) is 0. The van der Waals surface area contributed by atoms with Crippen molar-refractivity contribution in [2.24, 2.45) is 11.8 Å². The highest BCUT2D eigenvalue weighted by molar-refractivity contribution is 4.87. The van der Waals surface area contributed by atoms with Gasteiger partial charge in [0.1, 0.15) is 0 Å². The van der Waals surface area contributed by atoms with Crippen LogP contribution in [0.4, 0.5) is 0 Å². The first-order valence-electron chi connectivity index (χ1n) is 7.64. The van der Waals surface area contributed by atoms with Crippen LogP contribution in [0.5, 0.6) is 0 Å². The lowest BCUT2D eigenvalue weighted by Crippen LogP contribution is -2.47. The first kappa shape index (κ1) is 13.4. The van der Waals surface area contributed by atoms with E-state index < -0.39 is 0 Å². The fraction of sp³-hybridized carbons (Fsp3) is 1.00. The molecule has 1 N–H and O–H groups in total. The SMILES string of the molecule is CC(C)CC(C)N1CCCC(C2CCCN2)C1. The third-order valence-electron chi connectivity index (χ3n) is 4.59. The molecular weight excluding hydrogens is 208 g/mol. The lowest BCUT2D eigenvalue weighted by Gasteiger charge is -2.39.